The van der Waals surface area contributed by atoms with Crippen molar-refractivity contribution < 1.29 is 18.3 Å². The third-order valence-electron chi connectivity index (χ3n) is 6.05. The van der Waals surface area contributed by atoms with Gasteiger partial charge in [0.25, 0.3) is 5.56 Å². The van der Waals surface area contributed by atoms with Gasteiger partial charge >= 0.3 is 0 Å². The molecule has 3 aromatic rings. The molecule has 0 saturated carbocycles. The number of pyridine rings is 1. The molecule has 10 heteroatoms. The molecule has 8 nitrogen and oxygen atoms in total. The maximum absolute atomic E-state index is 12.3. The number of nitrogens with two attached hydrogens (primary N) is 1. The highest BCUT2D eigenvalue weighted by Crippen LogP contribution is 2.17. The van der Waals surface area contributed by atoms with Gasteiger partial charge in [-0.3, -0.25) is 14.3 Å². The zero-order chi connectivity index (χ0) is 30.8. The van der Waals surface area contributed by atoms with Gasteiger partial charge in [0, 0.05) is 26.2 Å². The first kappa shape index (κ1) is 35.6. The predicted octanol–water partition coefficient (Wildman–Crippen LogP) is 5.75. The van der Waals surface area contributed by atoms with Crippen LogP contribution in [0.1, 0.15) is 52.8 Å². The predicted molar refractivity (Wildman–Crippen MR) is 163 cm³/mol. The second-order valence-corrected chi connectivity index (χ2v) is 8.85. The molecule has 1 aromatic carbocycles. The van der Waals surface area contributed by atoms with Gasteiger partial charge in [-0.25, -0.2) is 18.7 Å². The number of morpholine rings is 1. The fraction of sp³-hybridized carbons (Fsp3) is 0.452. The smallest absolute Gasteiger partial charge is 0.270 e. The molecule has 2 aromatic heterocycles. The molecular formula is C31H45F2N5O3. The number of benzene rings is 1. The highest BCUT2D eigenvalue weighted by Gasteiger charge is 2.09. The van der Waals surface area contributed by atoms with Gasteiger partial charge in [-0.05, 0) is 63.1 Å². The lowest BCUT2D eigenvalue weighted by Crippen LogP contribution is -2.39. The molecule has 226 valence electrons. The van der Waals surface area contributed by atoms with Crippen LogP contribution in [-0.4, -0.2) is 65.9 Å². The van der Waals surface area contributed by atoms with Crippen LogP contribution in [0.2, 0.25) is 0 Å². The Balaban J connectivity index is 0.000000406. The van der Waals surface area contributed by atoms with Gasteiger partial charge in [0.05, 0.1) is 38.8 Å². The van der Waals surface area contributed by atoms with Gasteiger partial charge in [-0.2, -0.15) is 0 Å². The Morgan fingerprint density at radius 3 is 2.17 bits per heavy atom. The molecule has 0 atom stereocenters. The van der Waals surface area contributed by atoms with Gasteiger partial charge < -0.3 is 15.2 Å². The van der Waals surface area contributed by atoms with E-state index in [0.29, 0.717) is 17.7 Å². The Hall–Kier alpha value is -3.47. The Kier molecular flexibility index (Phi) is 17.0. The van der Waals surface area contributed by atoms with Crippen LogP contribution in [0.3, 0.4) is 0 Å². The molecule has 0 spiro atoms. The largest absolute Gasteiger partial charge is 0.497 e. The van der Waals surface area contributed by atoms with Crippen molar-refractivity contribution in [2.45, 2.75) is 48.1 Å². The number of rotatable bonds is 6. The summed E-state index contributed by atoms with van der Waals surface area (Å²) in [6.45, 7) is 16.2. The van der Waals surface area contributed by atoms with E-state index in [2.05, 4.69) is 14.9 Å². The zero-order valence-electron chi connectivity index (χ0n) is 25.4. The minimum absolute atomic E-state index is 0.166. The molecule has 1 aliphatic heterocycles. The van der Waals surface area contributed by atoms with Crippen LogP contribution in [0.15, 0.2) is 65.1 Å². The molecule has 0 unspecified atom stereocenters. The van der Waals surface area contributed by atoms with Crippen LogP contribution in [0.5, 0.6) is 5.75 Å². The maximum atomic E-state index is 12.3. The first-order valence-electron chi connectivity index (χ1n) is 13.8. The van der Waals surface area contributed by atoms with E-state index >= 15 is 0 Å². The number of allylic oxidation sites excluding steroid dienone is 4. The Morgan fingerprint density at radius 1 is 1.05 bits per heavy atom. The number of halogens is 2. The summed E-state index contributed by atoms with van der Waals surface area (Å²) < 4.78 is 34.6. The number of nitrogens with zero attached hydrogens (tertiary/aromatic N) is 4. The van der Waals surface area contributed by atoms with Crippen LogP contribution in [-0.2, 0) is 11.3 Å². The van der Waals surface area contributed by atoms with Crippen LogP contribution in [0.4, 0.5) is 8.78 Å². The van der Waals surface area contributed by atoms with E-state index in [1.54, 1.807) is 11.7 Å². The highest BCUT2D eigenvalue weighted by molar-refractivity contribution is 5.74. The van der Waals surface area contributed by atoms with Gasteiger partial charge in [0.15, 0.2) is 5.65 Å². The Morgan fingerprint density at radius 2 is 1.66 bits per heavy atom. The summed E-state index contributed by atoms with van der Waals surface area (Å²) in [5.74, 6) is -0.695. The standard InChI is InChI=1S/C19H19N3O2.C6H14N2O.C4H6F2.C2H6/c1-4-13(2)16-9-10-17-19(21-16)22(18(23)11-20-17)12-14-5-7-15(24-3)8-6-14;7-1-2-8-3-5-9-6-4-8;1-3(5)4(2)6;1-2/h4-11H,12H2,1-3H3;1-7H2;1-2H3;1-2H3/b13-4+;;4-3-;. The number of methoxy groups -OCH3 is 1. The number of aromatic nitrogens is 3. The summed E-state index contributed by atoms with van der Waals surface area (Å²) in [5, 5.41) is 0. The van der Waals surface area contributed by atoms with E-state index in [1.165, 1.54) is 6.20 Å². The third-order valence-corrected chi connectivity index (χ3v) is 6.05. The highest BCUT2D eigenvalue weighted by atomic mass is 19.2. The van der Waals surface area contributed by atoms with Crippen molar-refractivity contribution in [3.63, 3.8) is 0 Å². The Labute approximate surface area is 242 Å². The second-order valence-electron chi connectivity index (χ2n) is 8.85. The molecule has 0 bridgehead atoms. The molecular weight excluding hydrogens is 528 g/mol. The van der Waals surface area contributed by atoms with E-state index in [1.807, 2.05) is 70.2 Å². The van der Waals surface area contributed by atoms with Gasteiger partial charge in [-0.1, -0.05) is 32.1 Å². The molecule has 3 heterocycles. The fourth-order valence-corrected chi connectivity index (χ4v) is 3.48. The first-order chi connectivity index (χ1) is 19.7. The second kappa shape index (κ2) is 19.6. The first-order valence-corrected chi connectivity index (χ1v) is 13.8. The van der Waals surface area contributed by atoms with Gasteiger partial charge in [-0.15, -0.1) is 0 Å². The van der Waals surface area contributed by atoms with Crippen molar-refractivity contribution in [3.8, 4) is 5.75 Å². The number of hydrogen-bond acceptors (Lipinski definition) is 7. The van der Waals surface area contributed by atoms with E-state index in [9.17, 15) is 13.6 Å². The molecule has 1 aliphatic rings. The van der Waals surface area contributed by atoms with Gasteiger partial charge in [0.2, 0.25) is 0 Å². The molecule has 41 heavy (non-hydrogen) atoms. The van der Waals surface area contributed by atoms with Crippen LogP contribution in [0, 0.1) is 0 Å². The summed E-state index contributed by atoms with van der Waals surface area (Å²) in [6, 6.07) is 11.5. The molecule has 4 rings (SSSR count). The normalized spacial score (nSPS) is 14.0. The van der Waals surface area contributed by atoms with E-state index in [-0.39, 0.29) is 5.56 Å². The van der Waals surface area contributed by atoms with Crippen LogP contribution >= 0.6 is 0 Å². The van der Waals surface area contributed by atoms with Gasteiger partial charge in [0.1, 0.15) is 22.9 Å². The van der Waals surface area contributed by atoms with Crippen molar-refractivity contribution in [1.82, 2.24) is 19.4 Å². The topological polar surface area (TPSA) is 95.5 Å². The maximum Gasteiger partial charge on any atom is 0.270 e. The van der Waals surface area contributed by atoms with Crippen molar-refractivity contribution in [3.05, 3.63) is 81.9 Å². The van der Waals surface area contributed by atoms with E-state index in [4.69, 9.17) is 15.2 Å². The lowest BCUT2D eigenvalue weighted by atomic mass is 10.2. The summed E-state index contributed by atoms with van der Waals surface area (Å²) in [4.78, 5) is 23.5. The van der Waals surface area contributed by atoms with Crippen LogP contribution in [0.25, 0.3) is 16.7 Å². The summed E-state index contributed by atoms with van der Waals surface area (Å²) in [5.41, 5.74) is 9.42. The molecule has 1 fully saturated rings. The monoisotopic (exact) mass is 573 g/mol. The summed E-state index contributed by atoms with van der Waals surface area (Å²) in [7, 11) is 1.63. The Bertz CT molecular complexity index is 1280. The average molecular weight is 574 g/mol. The zero-order valence-corrected chi connectivity index (χ0v) is 25.4. The number of ether oxygens (including phenoxy) is 2. The quantitative estimate of drug-likeness (QED) is 0.401. The molecule has 1 saturated heterocycles. The molecule has 0 amide bonds. The lowest BCUT2D eigenvalue weighted by Gasteiger charge is -2.25. The van der Waals surface area contributed by atoms with E-state index < -0.39 is 11.7 Å². The third kappa shape index (κ3) is 12.3. The minimum atomic E-state index is -0.741. The summed E-state index contributed by atoms with van der Waals surface area (Å²) in [6.07, 6.45) is 3.34. The SMILES string of the molecule is C/C(F)=C(\C)F.C/C=C(\C)c1ccc2ncc(=O)n(Cc3ccc(OC)cc3)c2n1.CC.NCCN1CCOCC1. The lowest BCUT2D eigenvalue weighted by molar-refractivity contribution is 0.0394. The fourth-order valence-electron chi connectivity index (χ4n) is 3.48. The summed E-state index contributed by atoms with van der Waals surface area (Å²) >= 11 is 0. The molecule has 0 aliphatic carbocycles. The van der Waals surface area contributed by atoms with Crippen molar-refractivity contribution in [1.29, 1.82) is 0 Å². The molecule has 2 N–H and O–H groups in total. The molecule has 0 radical (unpaired) electrons. The number of hydrogen-bond donors (Lipinski definition) is 1. The van der Waals surface area contributed by atoms with E-state index in [0.717, 1.165) is 75.8 Å². The van der Waals surface area contributed by atoms with Crippen LogP contribution < -0.4 is 16.0 Å². The number of fused-ring (bicyclic) bond motifs is 1. The van der Waals surface area contributed by atoms with Crippen molar-refractivity contribution in [2.75, 3.05) is 46.5 Å². The van der Waals surface area contributed by atoms with Crippen molar-refractivity contribution >= 4 is 16.7 Å². The average Bonchev–Trinajstić information content (AvgIpc) is 3.00. The minimum Gasteiger partial charge on any atom is -0.497 e. The van der Waals surface area contributed by atoms with Crippen molar-refractivity contribution in [2.24, 2.45) is 5.73 Å².